The van der Waals surface area contributed by atoms with E-state index >= 15 is 0 Å². The molecule has 0 bridgehead atoms. The van der Waals surface area contributed by atoms with Gasteiger partial charge in [0.15, 0.2) is 0 Å². The average Bonchev–Trinajstić information content (AvgIpc) is 2.41. The Labute approximate surface area is 126 Å². The smallest absolute Gasteiger partial charge is 0.237 e. The van der Waals surface area contributed by atoms with Gasteiger partial charge in [0.2, 0.25) is 5.91 Å². The summed E-state index contributed by atoms with van der Waals surface area (Å²) in [5.41, 5.74) is 8.94. The minimum Gasteiger partial charge on any atom is -0.399 e. The van der Waals surface area contributed by atoms with E-state index in [1.165, 1.54) is 0 Å². The molecule has 0 saturated heterocycles. The molecule has 0 aliphatic carbocycles. The van der Waals surface area contributed by atoms with Gasteiger partial charge in [-0.25, -0.2) is 0 Å². The van der Waals surface area contributed by atoms with E-state index in [0.717, 1.165) is 11.1 Å². The molecule has 0 aliphatic rings. The summed E-state index contributed by atoms with van der Waals surface area (Å²) in [6.45, 7) is 3.81. The highest BCUT2D eigenvalue weighted by atomic mass is 32.2. The van der Waals surface area contributed by atoms with Crippen molar-refractivity contribution >= 4 is 28.1 Å². The molecular weight excluding hydrogens is 284 g/mol. The van der Waals surface area contributed by atoms with Crippen molar-refractivity contribution in [1.29, 1.82) is 0 Å². The SMILES string of the molecule is Cc1ccc(NC(=O)CS(=O)c2ccc(N)cc2C)cc1. The number of hydrogen-bond donors (Lipinski definition) is 2. The lowest BCUT2D eigenvalue weighted by Gasteiger charge is -2.08. The topological polar surface area (TPSA) is 72.2 Å². The number of anilines is 2. The first kappa shape index (κ1) is 15.3. The number of nitrogens with two attached hydrogens (primary N) is 1. The second-order valence-corrected chi connectivity index (χ2v) is 6.35. The Morgan fingerprint density at radius 3 is 2.43 bits per heavy atom. The second-order valence-electron chi connectivity index (χ2n) is 4.93. The largest absolute Gasteiger partial charge is 0.399 e. The Hall–Kier alpha value is -2.14. The van der Waals surface area contributed by atoms with Gasteiger partial charge in [0.1, 0.15) is 5.75 Å². The summed E-state index contributed by atoms with van der Waals surface area (Å²) < 4.78 is 12.2. The zero-order chi connectivity index (χ0) is 15.4. The maximum atomic E-state index is 12.2. The van der Waals surface area contributed by atoms with E-state index in [4.69, 9.17) is 5.73 Å². The zero-order valence-corrected chi connectivity index (χ0v) is 12.9. The van der Waals surface area contributed by atoms with E-state index in [1.54, 1.807) is 18.2 Å². The van der Waals surface area contributed by atoms with Crippen LogP contribution in [0.1, 0.15) is 11.1 Å². The average molecular weight is 302 g/mol. The van der Waals surface area contributed by atoms with Crippen molar-refractivity contribution in [2.75, 3.05) is 16.8 Å². The minimum atomic E-state index is -1.38. The Kier molecular flexibility index (Phi) is 4.75. The number of nitrogens with one attached hydrogen (secondary N) is 1. The van der Waals surface area contributed by atoms with Crippen LogP contribution in [0, 0.1) is 13.8 Å². The van der Waals surface area contributed by atoms with E-state index in [2.05, 4.69) is 5.32 Å². The highest BCUT2D eigenvalue weighted by Crippen LogP contribution is 2.17. The van der Waals surface area contributed by atoms with Crippen molar-refractivity contribution in [1.82, 2.24) is 0 Å². The van der Waals surface area contributed by atoms with Crippen LogP contribution in [0.5, 0.6) is 0 Å². The van der Waals surface area contributed by atoms with E-state index in [0.29, 0.717) is 16.3 Å². The molecule has 0 spiro atoms. The predicted octanol–water partition coefficient (Wildman–Crippen LogP) is 2.63. The molecule has 110 valence electrons. The van der Waals surface area contributed by atoms with Crippen molar-refractivity contribution in [3.8, 4) is 0 Å². The van der Waals surface area contributed by atoms with Crippen molar-refractivity contribution in [2.24, 2.45) is 0 Å². The highest BCUT2D eigenvalue weighted by molar-refractivity contribution is 7.85. The van der Waals surface area contributed by atoms with Crippen LogP contribution in [0.4, 0.5) is 11.4 Å². The fourth-order valence-electron chi connectivity index (χ4n) is 1.96. The molecule has 0 radical (unpaired) electrons. The molecule has 1 atom stereocenters. The summed E-state index contributed by atoms with van der Waals surface area (Å²) in [5.74, 6) is -0.341. The molecule has 21 heavy (non-hydrogen) atoms. The van der Waals surface area contributed by atoms with E-state index < -0.39 is 10.8 Å². The Morgan fingerprint density at radius 2 is 1.81 bits per heavy atom. The number of amides is 1. The second kappa shape index (κ2) is 6.54. The summed E-state index contributed by atoms with van der Waals surface area (Å²) in [5, 5.41) is 2.74. The summed E-state index contributed by atoms with van der Waals surface area (Å²) in [4.78, 5) is 12.6. The van der Waals surface area contributed by atoms with Crippen LogP contribution in [-0.2, 0) is 15.6 Å². The molecule has 3 N–H and O–H groups in total. The van der Waals surface area contributed by atoms with Crippen LogP contribution < -0.4 is 11.1 Å². The molecule has 0 saturated carbocycles. The third-order valence-electron chi connectivity index (χ3n) is 3.04. The quantitative estimate of drug-likeness (QED) is 0.853. The van der Waals surface area contributed by atoms with Crippen LogP contribution in [0.3, 0.4) is 0 Å². The number of nitrogen functional groups attached to an aromatic ring is 1. The summed E-state index contributed by atoms with van der Waals surface area (Å²) in [6.07, 6.45) is 0. The van der Waals surface area contributed by atoms with Gasteiger partial charge < -0.3 is 11.1 Å². The third-order valence-corrected chi connectivity index (χ3v) is 4.51. The van der Waals surface area contributed by atoms with E-state index in [9.17, 15) is 9.00 Å². The van der Waals surface area contributed by atoms with Gasteiger partial charge in [-0.05, 0) is 49.7 Å². The lowest BCUT2D eigenvalue weighted by atomic mass is 10.2. The van der Waals surface area contributed by atoms with Gasteiger partial charge in [-0.1, -0.05) is 17.7 Å². The summed E-state index contributed by atoms with van der Waals surface area (Å²) in [6, 6.07) is 12.6. The Morgan fingerprint density at radius 1 is 1.14 bits per heavy atom. The molecule has 2 rings (SSSR count). The van der Waals surface area contributed by atoms with Gasteiger partial charge in [-0.15, -0.1) is 0 Å². The molecule has 2 aromatic rings. The molecule has 1 amide bonds. The fourth-order valence-corrected chi connectivity index (χ4v) is 3.06. The van der Waals surface area contributed by atoms with Gasteiger partial charge in [0.05, 0.1) is 10.8 Å². The predicted molar refractivity (Wildman–Crippen MR) is 86.7 cm³/mol. The molecule has 2 aromatic carbocycles. The molecule has 0 fully saturated rings. The first-order valence-corrected chi connectivity index (χ1v) is 7.88. The maximum absolute atomic E-state index is 12.2. The number of carbonyl (C=O) groups is 1. The van der Waals surface area contributed by atoms with Crippen molar-refractivity contribution in [3.63, 3.8) is 0 Å². The van der Waals surface area contributed by atoms with Gasteiger partial charge >= 0.3 is 0 Å². The van der Waals surface area contributed by atoms with Gasteiger partial charge in [0.25, 0.3) is 0 Å². The number of benzene rings is 2. The number of rotatable bonds is 4. The Bertz CT molecular complexity index is 681. The summed E-state index contributed by atoms with van der Waals surface area (Å²) in [7, 11) is -1.38. The monoisotopic (exact) mass is 302 g/mol. The molecular formula is C16H18N2O2S. The molecule has 0 aromatic heterocycles. The first-order chi connectivity index (χ1) is 9.95. The van der Waals surface area contributed by atoms with Crippen LogP contribution in [0.2, 0.25) is 0 Å². The maximum Gasteiger partial charge on any atom is 0.237 e. The normalized spacial score (nSPS) is 11.9. The van der Waals surface area contributed by atoms with Crippen molar-refractivity contribution < 1.29 is 9.00 Å². The van der Waals surface area contributed by atoms with Crippen molar-refractivity contribution in [2.45, 2.75) is 18.7 Å². The molecule has 0 heterocycles. The third kappa shape index (κ3) is 4.16. The van der Waals surface area contributed by atoms with E-state index in [1.807, 2.05) is 38.1 Å². The fraction of sp³-hybridized carbons (Fsp3) is 0.188. The summed E-state index contributed by atoms with van der Waals surface area (Å²) >= 11 is 0. The molecule has 0 aliphatic heterocycles. The van der Waals surface area contributed by atoms with Crippen LogP contribution in [-0.4, -0.2) is 15.9 Å². The minimum absolute atomic E-state index is 0.0708. The van der Waals surface area contributed by atoms with Gasteiger partial charge in [-0.2, -0.15) is 0 Å². The van der Waals surface area contributed by atoms with Crippen LogP contribution >= 0.6 is 0 Å². The standard InChI is InChI=1S/C16H18N2O2S/c1-11-3-6-14(7-4-11)18-16(19)10-21(20)15-8-5-13(17)9-12(15)2/h3-9H,10,17H2,1-2H3,(H,18,19). The number of hydrogen-bond acceptors (Lipinski definition) is 3. The number of aryl methyl sites for hydroxylation is 2. The van der Waals surface area contributed by atoms with Crippen LogP contribution in [0.15, 0.2) is 47.4 Å². The highest BCUT2D eigenvalue weighted by Gasteiger charge is 2.12. The number of carbonyl (C=O) groups excluding carboxylic acids is 1. The van der Waals surface area contributed by atoms with Gasteiger partial charge in [0, 0.05) is 16.3 Å². The molecule has 1 unspecified atom stereocenters. The lowest BCUT2D eigenvalue weighted by molar-refractivity contribution is -0.113. The van der Waals surface area contributed by atoms with Crippen molar-refractivity contribution in [3.05, 3.63) is 53.6 Å². The Balaban J connectivity index is 2.02. The van der Waals surface area contributed by atoms with Gasteiger partial charge in [-0.3, -0.25) is 9.00 Å². The molecule has 4 nitrogen and oxygen atoms in total. The molecule has 5 heteroatoms. The van der Waals surface area contributed by atoms with Crippen LogP contribution in [0.25, 0.3) is 0 Å². The van der Waals surface area contributed by atoms with E-state index in [-0.39, 0.29) is 11.7 Å². The zero-order valence-electron chi connectivity index (χ0n) is 12.1. The lowest BCUT2D eigenvalue weighted by Crippen LogP contribution is -2.19. The first-order valence-electron chi connectivity index (χ1n) is 6.57.